The number of thioether (sulfide) groups is 1. The Morgan fingerprint density at radius 1 is 1.09 bits per heavy atom. The number of hydrogen-bond donors (Lipinski definition) is 2. The highest BCUT2D eigenvalue weighted by molar-refractivity contribution is 7.99. The van der Waals surface area contributed by atoms with Crippen LogP contribution in [0.15, 0.2) is 48.5 Å². The molecule has 9 heteroatoms. The fourth-order valence-electron chi connectivity index (χ4n) is 4.80. The fraction of sp³-hybridized carbons (Fsp3) is 0.375. The highest BCUT2D eigenvalue weighted by Crippen LogP contribution is 2.44. The van der Waals surface area contributed by atoms with Crippen molar-refractivity contribution in [2.75, 3.05) is 24.8 Å². The minimum absolute atomic E-state index is 0.0571. The second-order valence-electron chi connectivity index (χ2n) is 8.32. The predicted molar refractivity (Wildman–Crippen MR) is 122 cm³/mol. The summed E-state index contributed by atoms with van der Waals surface area (Å²) in [5.74, 6) is -0.856. The van der Waals surface area contributed by atoms with Gasteiger partial charge in [-0.3, -0.25) is 4.79 Å². The summed E-state index contributed by atoms with van der Waals surface area (Å²) in [6, 6.07) is 14.8. The van der Waals surface area contributed by atoms with Gasteiger partial charge < -0.3 is 24.8 Å². The molecule has 0 aromatic heterocycles. The first kappa shape index (κ1) is 21.8. The van der Waals surface area contributed by atoms with Crippen LogP contribution in [0.3, 0.4) is 0 Å². The zero-order valence-electron chi connectivity index (χ0n) is 17.8. The van der Waals surface area contributed by atoms with Crippen molar-refractivity contribution in [3.63, 3.8) is 0 Å². The van der Waals surface area contributed by atoms with Gasteiger partial charge in [0.15, 0.2) is 6.10 Å². The number of amides is 2. The van der Waals surface area contributed by atoms with E-state index in [2.05, 4.69) is 17.4 Å². The number of aliphatic carboxylic acids is 1. The minimum atomic E-state index is -1.03. The molecular weight excluding hydrogens is 444 g/mol. The number of rotatable bonds is 5. The Morgan fingerprint density at radius 2 is 1.76 bits per heavy atom. The molecule has 3 atom stereocenters. The number of nitrogens with zero attached hydrogens (tertiary/aromatic N) is 1. The van der Waals surface area contributed by atoms with Crippen molar-refractivity contribution in [1.29, 1.82) is 0 Å². The molecule has 2 aromatic rings. The number of carbonyl (C=O) groups excluding carboxylic acids is 2. The summed E-state index contributed by atoms with van der Waals surface area (Å²) < 4.78 is 11.2. The molecule has 1 aliphatic carbocycles. The van der Waals surface area contributed by atoms with Gasteiger partial charge in [0.2, 0.25) is 0 Å². The van der Waals surface area contributed by atoms with Gasteiger partial charge in [0.05, 0.1) is 11.9 Å². The number of carbonyl (C=O) groups is 3. The third kappa shape index (κ3) is 4.06. The lowest BCUT2D eigenvalue weighted by molar-refractivity contribution is -0.152. The molecule has 0 radical (unpaired) electrons. The molecule has 2 aromatic carbocycles. The normalized spacial score (nSPS) is 23.8. The zero-order chi connectivity index (χ0) is 22.9. The lowest BCUT2D eigenvalue weighted by Gasteiger charge is -2.26. The number of carboxylic acids is 1. The van der Waals surface area contributed by atoms with E-state index in [1.807, 2.05) is 36.4 Å². The van der Waals surface area contributed by atoms with E-state index in [-0.39, 0.29) is 12.5 Å². The average molecular weight is 469 g/mol. The number of nitrogens with one attached hydrogen (secondary N) is 1. The Balaban J connectivity index is 1.23. The molecule has 1 unspecified atom stereocenters. The molecule has 2 N–H and O–H groups in total. The third-order valence-electron chi connectivity index (χ3n) is 6.43. The summed E-state index contributed by atoms with van der Waals surface area (Å²) >= 11 is 1.39. The summed E-state index contributed by atoms with van der Waals surface area (Å²) in [4.78, 5) is 38.3. The summed E-state index contributed by atoms with van der Waals surface area (Å²) in [7, 11) is 0. The van der Waals surface area contributed by atoms with Gasteiger partial charge in [-0.25, -0.2) is 9.59 Å². The van der Waals surface area contributed by atoms with Crippen molar-refractivity contribution in [1.82, 2.24) is 10.2 Å². The largest absolute Gasteiger partial charge is 0.480 e. The Hall–Kier alpha value is -3.04. The van der Waals surface area contributed by atoms with Crippen LogP contribution in [-0.2, 0) is 19.1 Å². The molecule has 3 aliphatic rings. The van der Waals surface area contributed by atoms with E-state index in [1.54, 1.807) is 0 Å². The highest BCUT2D eigenvalue weighted by atomic mass is 32.2. The van der Waals surface area contributed by atoms with E-state index in [4.69, 9.17) is 9.47 Å². The molecular formula is C24H24N2O6S. The smallest absolute Gasteiger partial charge is 0.407 e. The second-order valence-corrected chi connectivity index (χ2v) is 9.32. The topological polar surface area (TPSA) is 105 Å². The average Bonchev–Trinajstić information content (AvgIpc) is 3.55. The van der Waals surface area contributed by atoms with Gasteiger partial charge in [-0.1, -0.05) is 48.5 Å². The van der Waals surface area contributed by atoms with Crippen LogP contribution in [0.1, 0.15) is 23.5 Å². The maximum absolute atomic E-state index is 12.9. The Morgan fingerprint density at radius 3 is 2.42 bits per heavy atom. The van der Waals surface area contributed by atoms with Crippen molar-refractivity contribution < 1.29 is 29.0 Å². The second kappa shape index (κ2) is 9.07. The van der Waals surface area contributed by atoms with Crippen LogP contribution >= 0.6 is 11.8 Å². The number of carboxylic acid groups (broad SMARTS) is 1. The number of ether oxygens (including phenoxy) is 2. The number of benzene rings is 2. The van der Waals surface area contributed by atoms with Crippen molar-refractivity contribution in [3.8, 4) is 11.1 Å². The molecule has 2 aliphatic heterocycles. The summed E-state index contributed by atoms with van der Waals surface area (Å²) in [5, 5.41) is 12.1. The summed E-state index contributed by atoms with van der Waals surface area (Å²) in [6.07, 6.45) is -1.07. The van der Waals surface area contributed by atoms with Gasteiger partial charge in [0, 0.05) is 18.3 Å². The third-order valence-corrected chi connectivity index (χ3v) is 7.44. The number of hydrogen-bond acceptors (Lipinski definition) is 6. The van der Waals surface area contributed by atoms with E-state index < -0.39 is 36.2 Å². The van der Waals surface area contributed by atoms with Gasteiger partial charge in [0.25, 0.3) is 5.91 Å². The van der Waals surface area contributed by atoms with E-state index in [9.17, 15) is 19.5 Å². The quantitative estimate of drug-likeness (QED) is 0.695. The predicted octanol–water partition coefficient (Wildman–Crippen LogP) is 2.67. The number of fused-ring (bicyclic) bond motifs is 3. The SMILES string of the molecule is O=C(N[C@H]1CCO[C@H]1C(=O)N1CSCC1C(=O)O)OCC1c2ccccc2-c2ccccc21. The minimum Gasteiger partial charge on any atom is -0.480 e. The first-order valence-electron chi connectivity index (χ1n) is 10.9. The van der Waals surface area contributed by atoms with Gasteiger partial charge in [-0.05, 0) is 28.7 Å². The van der Waals surface area contributed by atoms with Crippen molar-refractivity contribution >= 4 is 29.7 Å². The molecule has 2 amide bonds. The van der Waals surface area contributed by atoms with E-state index in [0.717, 1.165) is 22.3 Å². The van der Waals surface area contributed by atoms with Crippen LogP contribution in [0, 0.1) is 0 Å². The molecule has 2 fully saturated rings. The van der Waals surface area contributed by atoms with Crippen LogP contribution in [-0.4, -0.2) is 71.0 Å². The molecule has 2 saturated heterocycles. The Bertz CT molecular complexity index is 1050. The Labute approximate surface area is 195 Å². The highest BCUT2D eigenvalue weighted by Gasteiger charge is 2.43. The van der Waals surface area contributed by atoms with Crippen LogP contribution in [0.5, 0.6) is 0 Å². The fourth-order valence-corrected chi connectivity index (χ4v) is 5.96. The first-order chi connectivity index (χ1) is 16.0. The molecule has 2 heterocycles. The molecule has 5 rings (SSSR count). The van der Waals surface area contributed by atoms with Crippen LogP contribution in [0.4, 0.5) is 4.79 Å². The monoisotopic (exact) mass is 468 g/mol. The molecule has 0 bridgehead atoms. The summed E-state index contributed by atoms with van der Waals surface area (Å²) in [6.45, 7) is 0.485. The van der Waals surface area contributed by atoms with E-state index in [1.165, 1.54) is 16.7 Å². The molecule has 0 spiro atoms. The zero-order valence-corrected chi connectivity index (χ0v) is 18.6. The van der Waals surface area contributed by atoms with Gasteiger partial charge >= 0.3 is 12.1 Å². The van der Waals surface area contributed by atoms with Crippen LogP contribution in [0.25, 0.3) is 11.1 Å². The van der Waals surface area contributed by atoms with Gasteiger partial charge in [-0.2, -0.15) is 0 Å². The molecule has 172 valence electrons. The van der Waals surface area contributed by atoms with Crippen molar-refractivity contribution in [3.05, 3.63) is 59.7 Å². The van der Waals surface area contributed by atoms with E-state index in [0.29, 0.717) is 24.7 Å². The maximum Gasteiger partial charge on any atom is 0.407 e. The molecule has 8 nitrogen and oxygen atoms in total. The molecule has 0 saturated carbocycles. The first-order valence-corrected chi connectivity index (χ1v) is 12.0. The Kier molecular flexibility index (Phi) is 5.99. The number of alkyl carbamates (subject to hydrolysis) is 1. The van der Waals surface area contributed by atoms with E-state index >= 15 is 0 Å². The van der Waals surface area contributed by atoms with Gasteiger partial charge in [0.1, 0.15) is 12.6 Å². The molecule has 33 heavy (non-hydrogen) atoms. The lowest BCUT2D eigenvalue weighted by atomic mass is 9.98. The lowest BCUT2D eigenvalue weighted by Crippen LogP contribution is -2.52. The van der Waals surface area contributed by atoms with Crippen molar-refractivity contribution in [2.24, 2.45) is 0 Å². The standard InChI is InChI=1S/C24H24N2O6S/c27-22(26-13-33-12-20(26)23(28)29)21-19(9-10-31-21)25-24(30)32-11-18-16-7-3-1-5-14(16)15-6-2-4-8-17(15)18/h1-8,18-21H,9-13H2,(H,25,30)(H,28,29)/t19-,20?,21+/m0/s1. The maximum atomic E-state index is 12.9. The van der Waals surface area contributed by atoms with Crippen LogP contribution < -0.4 is 5.32 Å². The van der Waals surface area contributed by atoms with Crippen LogP contribution in [0.2, 0.25) is 0 Å². The summed E-state index contributed by atoms with van der Waals surface area (Å²) in [5.41, 5.74) is 4.53. The van der Waals surface area contributed by atoms with Gasteiger partial charge in [-0.15, -0.1) is 11.8 Å². The van der Waals surface area contributed by atoms with Crippen molar-refractivity contribution in [2.45, 2.75) is 30.5 Å².